The van der Waals surface area contributed by atoms with E-state index in [0.717, 1.165) is 16.7 Å². The van der Waals surface area contributed by atoms with Crippen molar-refractivity contribution >= 4 is 46.3 Å². The summed E-state index contributed by atoms with van der Waals surface area (Å²) in [6, 6.07) is 17.7. The monoisotopic (exact) mass is 285 g/mol. The zero-order valence-corrected chi connectivity index (χ0v) is 11.6. The molecule has 0 aliphatic rings. The minimum atomic E-state index is 0.564. The Bertz CT molecular complexity index is 787. The second-order valence-corrected chi connectivity index (χ2v) is 4.85. The number of hydrogen-bond acceptors (Lipinski definition) is 2. The number of thiocarbonyl (C=S) groups is 1. The van der Waals surface area contributed by atoms with Crippen LogP contribution < -0.4 is 5.32 Å². The first-order valence-electron chi connectivity index (χ1n) is 5.82. The fraction of sp³-hybridized carbons (Fsp3) is 0. The average molecular weight is 285 g/mol. The van der Waals surface area contributed by atoms with Crippen LogP contribution in [0.25, 0.3) is 11.0 Å². The molecule has 2 N–H and O–H groups in total. The Morgan fingerprint density at radius 1 is 1.00 bits per heavy atom. The topological polar surface area (TPSA) is 32.8 Å². The van der Waals surface area contributed by atoms with Crippen molar-refractivity contribution in [2.24, 2.45) is 0 Å². The van der Waals surface area contributed by atoms with Crippen LogP contribution in [0.15, 0.2) is 54.6 Å². The number of fused-ring (bicyclic) bond motifs is 1. The van der Waals surface area contributed by atoms with Gasteiger partial charge < -0.3 is 10.3 Å². The number of aromatic nitrogens is 2. The summed E-state index contributed by atoms with van der Waals surface area (Å²) in [5.74, 6) is 0. The van der Waals surface area contributed by atoms with Crippen molar-refractivity contribution in [3.63, 3.8) is 0 Å². The highest BCUT2D eigenvalue weighted by Gasteiger charge is 2.08. The predicted molar refractivity (Wildman–Crippen MR) is 85.2 cm³/mol. The van der Waals surface area contributed by atoms with Gasteiger partial charge in [0.15, 0.2) is 9.88 Å². The summed E-state index contributed by atoms with van der Waals surface area (Å²) in [4.78, 5) is 3.14. The maximum atomic E-state index is 5.44. The van der Waals surface area contributed by atoms with Crippen molar-refractivity contribution in [2.45, 2.75) is 0 Å². The molecule has 2 aromatic carbocycles. The van der Waals surface area contributed by atoms with Crippen LogP contribution in [-0.4, -0.2) is 14.7 Å². The summed E-state index contributed by atoms with van der Waals surface area (Å²) in [5, 5.41) is 3.75. The molecule has 0 spiro atoms. The maximum absolute atomic E-state index is 5.44. The third kappa shape index (κ3) is 2.30. The Hall–Kier alpha value is -1.98. The Kier molecular flexibility index (Phi) is 3.15. The van der Waals surface area contributed by atoms with Crippen LogP contribution in [0.4, 0.5) is 5.69 Å². The molecule has 94 valence electrons. The van der Waals surface area contributed by atoms with E-state index in [4.69, 9.17) is 24.4 Å². The van der Waals surface area contributed by atoms with Gasteiger partial charge in [0.25, 0.3) is 0 Å². The molecule has 3 aromatic rings. The molecule has 1 aromatic heterocycles. The van der Waals surface area contributed by atoms with E-state index in [9.17, 15) is 0 Å². The summed E-state index contributed by atoms with van der Waals surface area (Å²) in [7, 11) is 0. The van der Waals surface area contributed by atoms with Crippen LogP contribution >= 0.6 is 24.4 Å². The van der Waals surface area contributed by atoms with Crippen LogP contribution in [0.5, 0.6) is 0 Å². The number of para-hydroxylation sites is 3. The van der Waals surface area contributed by atoms with E-state index in [2.05, 4.69) is 10.3 Å². The molecule has 1 heterocycles. The molecule has 0 unspecified atom stereocenters. The Labute approximate surface area is 120 Å². The molecule has 0 saturated heterocycles. The largest absolute Gasteiger partial charge is 0.332 e. The average Bonchev–Trinajstić information content (AvgIpc) is 2.75. The molecule has 0 radical (unpaired) electrons. The molecule has 3 rings (SSSR count). The lowest BCUT2D eigenvalue weighted by Gasteiger charge is -2.09. The molecule has 5 heteroatoms. The van der Waals surface area contributed by atoms with Gasteiger partial charge in [0.1, 0.15) is 0 Å². The van der Waals surface area contributed by atoms with Crippen LogP contribution in [0.3, 0.4) is 0 Å². The zero-order valence-electron chi connectivity index (χ0n) is 9.96. The van der Waals surface area contributed by atoms with E-state index in [1.165, 1.54) is 0 Å². The molecule has 0 aliphatic carbocycles. The second-order valence-electron chi connectivity index (χ2n) is 4.08. The number of nitrogens with one attached hydrogen (secondary N) is 2. The molecule has 0 atom stereocenters. The SMILES string of the molecule is S=C(Nc1ccccc1)n1c(=S)[nH]c2ccccc21. The number of H-pyrrole nitrogens is 1. The van der Waals surface area contributed by atoms with Crippen LogP contribution in [0.1, 0.15) is 0 Å². The number of benzene rings is 2. The fourth-order valence-corrected chi connectivity index (χ4v) is 2.62. The van der Waals surface area contributed by atoms with Gasteiger partial charge in [-0.05, 0) is 48.7 Å². The first-order valence-corrected chi connectivity index (χ1v) is 6.63. The third-order valence-corrected chi connectivity index (χ3v) is 3.39. The van der Waals surface area contributed by atoms with Gasteiger partial charge in [-0.15, -0.1) is 0 Å². The summed E-state index contributed by atoms with van der Waals surface area (Å²) >= 11 is 10.8. The highest BCUT2D eigenvalue weighted by atomic mass is 32.1. The molecule has 19 heavy (non-hydrogen) atoms. The highest BCUT2D eigenvalue weighted by Crippen LogP contribution is 2.15. The summed E-state index contributed by atoms with van der Waals surface area (Å²) in [5.41, 5.74) is 2.89. The zero-order chi connectivity index (χ0) is 13.2. The summed E-state index contributed by atoms with van der Waals surface area (Å²) < 4.78 is 2.42. The summed E-state index contributed by atoms with van der Waals surface area (Å²) in [6.07, 6.45) is 0. The normalized spacial score (nSPS) is 10.5. The number of hydrogen-bond donors (Lipinski definition) is 2. The summed E-state index contributed by atoms with van der Waals surface area (Å²) in [6.45, 7) is 0. The van der Waals surface area contributed by atoms with E-state index >= 15 is 0 Å². The van der Waals surface area contributed by atoms with Gasteiger partial charge in [-0.3, -0.25) is 4.57 Å². The van der Waals surface area contributed by atoms with Crippen molar-refractivity contribution in [3.8, 4) is 0 Å². The molecule has 0 amide bonds. The second kappa shape index (κ2) is 4.95. The Balaban J connectivity index is 2.03. The van der Waals surface area contributed by atoms with Gasteiger partial charge in [0.2, 0.25) is 0 Å². The maximum Gasteiger partial charge on any atom is 0.184 e. The molecule has 0 aliphatic heterocycles. The first kappa shape index (κ1) is 12.1. The minimum Gasteiger partial charge on any atom is -0.332 e. The number of imidazole rings is 1. The Morgan fingerprint density at radius 2 is 1.68 bits per heavy atom. The van der Waals surface area contributed by atoms with Gasteiger partial charge in [-0.1, -0.05) is 30.3 Å². The molecule has 0 fully saturated rings. The van der Waals surface area contributed by atoms with Crippen molar-refractivity contribution in [1.82, 2.24) is 9.55 Å². The predicted octanol–water partition coefficient (Wildman–Crippen LogP) is 3.94. The fourth-order valence-electron chi connectivity index (χ4n) is 1.96. The van der Waals surface area contributed by atoms with Crippen molar-refractivity contribution < 1.29 is 0 Å². The van der Waals surface area contributed by atoms with Crippen LogP contribution in [0.2, 0.25) is 0 Å². The minimum absolute atomic E-state index is 0.564. The lowest BCUT2D eigenvalue weighted by Crippen LogP contribution is -2.18. The molecular weight excluding hydrogens is 274 g/mol. The van der Waals surface area contributed by atoms with Gasteiger partial charge in [0.05, 0.1) is 11.0 Å². The third-order valence-electron chi connectivity index (χ3n) is 2.82. The number of aromatic amines is 1. The van der Waals surface area contributed by atoms with Gasteiger partial charge >= 0.3 is 0 Å². The van der Waals surface area contributed by atoms with Gasteiger partial charge in [-0.2, -0.15) is 0 Å². The van der Waals surface area contributed by atoms with Crippen molar-refractivity contribution in [2.75, 3.05) is 5.32 Å². The molecule has 0 saturated carbocycles. The molecule has 0 bridgehead atoms. The quantitative estimate of drug-likeness (QED) is 0.664. The van der Waals surface area contributed by atoms with Crippen LogP contribution in [-0.2, 0) is 0 Å². The molecule has 3 nitrogen and oxygen atoms in total. The van der Waals surface area contributed by atoms with Crippen molar-refractivity contribution in [1.29, 1.82) is 0 Å². The van der Waals surface area contributed by atoms with E-state index in [1.54, 1.807) is 0 Å². The van der Waals surface area contributed by atoms with E-state index < -0.39 is 0 Å². The Morgan fingerprint density at radius 3 is 2.47 bits per heavy atom. The first-order chi connectivity index (χ1) is 9.25. The van der Waals surface area contributed by atoms with Crippen molar-refractivity contribution in [3.05, 3.63) is 59.4 Å². The highest BCUT2D eigenvalue weighted by molar-refractivity contribution is 7.80. The molecular formula is C14H11N3S2. The number of rotatable bonds is 1. The van der Waals surface area contributed by atoms with E-state index in [-0.39, 0.29) is 0 Å². The van der Waals surface area contributed by atoms with Crippen LogP contribution in [0, 0.1) is 4.77 Å². The van der Waals surface area contributed by atoms with E-state index in [1.807, 2.05) is 59.2 Å². The lowest BCUT2D eigenvalue weighted by molar-refractivity contribution is 1.15. The number of nitrogens with zero attached hydrogens (tertiary/aromatic N) is 1. The van der Waals surface area contributed by atoms with Gasteiger partial charge in [-0.25, -0.2) is 0 Å². The standard InChI is InChI=1S/C14H11N3S2/c18-13(15-10-6-2-1-3-7-10)17-12-9-5-4-8-11(12)16-14(17)19/h1-9H,(H,15,18)(H,16,19). The smallest absolute Gasteiger partial charge is 0.184 e. The van der Waals surface area contributed by atoms with E-state index in [0.29, 0.717) is 9.88 Å². The number of anilines is 1. The lowest BCUT2D eigenvalue weighted by atomic mass is 10.3. The van der Waals surface area contributed by atoms with Gasteiger partial charge in [0, 0.05) is 5.69 Å².